The molecule has 2 aromatic heterocycles. The number of nitrogens with two attached hydrogens (primary N) is 1. The van der Waals surface area contributed by atoms with Crippen molar-refractivity contribution in [2.45, 2.75) is 13.5 Å². The first-order chi connectivity index (χ1) is 19.5. The molecule has 0 fully saturated rings. The average Bonchev–Trinajstić information content (AvgIpc) is 3.28. The Hall–Kier alpha value is -5.50. The summed E-state index contributed by atoms with van der Waals surface area (Å²) in [6, 6.07) is 30.9. The first kappa shape index (κ1) is 24.8. The molecule has 6 rings (SSSR count). The van der Waals surface area contributed by atoms with Crippen LogP contribution in [-0.2, 0) is 6.54 Å². The Kier molecular flexibility index (Phi) is 6.64. The summed E-state index contributed by atoms with van der Waals surface area (Å²) >= 11 is 0. The third kappa shape index (κ3) is 5.23. The van der Waals surface area contributed by atoms with Gasteiger partial charge in [-0.3, -0.25) is 0 Å². The molecule has 2 N–H and O–H groups in total. The van der Waals surface area contributed by atoms with Gasteiger partial charge in [-0.05, 0) is 71.1 Å². The molecule has 4 aromatic carbocycles. The summed E-state index contributed by atoms with van der Waals surface area (Å²) < 4.78 is 13.5. The van der Waals surface area contributed by atoms with Gasteiger partial charge in [0.05, 0.1) is 0 Å². The number of nitrogens with zero attached hydrogens (tertiary/aromatic N) is 4. The first-order valence-corrected chi connectivity index (χ1v) is 12.7. The van der Waals surface area contributed by atoms with E-state index in [2.05, 4.69) is 44.7 Å². The Balaban J connectivity index is 1.34. The molecule has 0 aliphatic heterocycles. The number of ether oxygens (including phenoxy) is 2. The van der Waals surface area contributed by atoms with Gasteiger partial charge in [0.1, 0.15) is 17.3 Å². The van der Waals surface area contributed by atoms with Crippen molar-refractivity contribution in [3.05, 3.63) is 126 Å². The third-order valence-corrected chi connectivity index (χ3v) is 6.57. The van der Waals surface area contributed by atoms with Gasteiger partial charge in [-0.1, -0.05) is 54.6 Å². The lowest BCUT2D eigenvalue weighted by Crippen LogP contribution is -2.17. The van der Waals surface area contributed by atoms with Crippen molar-refractivity contribution in [3.8, 4) is 17.5 Å². The molecule has 6 aromatic rings. The second-order valence-electron chi connectivity index (χ2n) is 9.26. The van der Waals surface area contributed by atoms with E-state index in [9.17, 15) is 4.79 Å². The summed E-state index contributed by atoms with van der Waals surface area (Å²) in [6.45, 7) is 2.65. The molecule has 0 unspecified atom stereocenters. The van der Waals surface area contributed by atoms with Crippen LogP contribution >= 0.6 is 0 Å². The van der Waals surface area contributed by atoms with Crippen molar-refractivity contribution >= 4 is 33.6 Å². The number of benzene rings is 4. The molecule has 0 saturated heterocycles. The maximum atomic E-state index is 12.3. The van der Waals surface area contributed by atoms with Gasteiger partial charge in [0.25, 0.3) is 0 Å². The van der Waals surface area contributed by atoms with Crippen LogP contribution < -0.4 is 15.2 Å². The minimum absolute atomic E-state index is 0.0805. The predicted octanol–water partition coefficient (Wildman–Crippen LogP) is 6.64. The zero-order valence-electron chi connectivity index (χ0n) is 21.7. The number of hydrogen-bond donors (Lipinski definition) is 1. The Morgan fingerprint density at radius 3 is 2.45 bits per heavy atom. The van der Waals surface area contributed by atoms with E-state index in [0.717, 1.165) is 32.9 Å². The highest BCUT2D eigenvalue weighted by molar-refractivity contribution is 6.05. The van der Waals surface area contributed by atoms with Crippen LogP contribution in [0, 0.1) is 6.92 Å². The molecule has 0 spiro atoms. The molecular weight excluding hydrogens is 502 g/mol. The number of para-hydroxylation sites is 1. The Morgan fingerprint density at radius 1 is 0.850 bits per heavy atom. The number of hydrogen-bond acceptors (Lipinski definition) is 5. The predicted molar refractivity (Wildman–Crippen MR) is 155 cm³/mol. The van der Waals surface area contributed by atoms with E-state index in [1.807, 2.05) is 48.5 Å². The van der Waals surface area contributed by atoms with Gasteiger partial charge < -0.3 is 19.8 Å². The topological polar surface area (TPSA) is 105 Å². The molecule has 0 atom stereocenters. The highest BCUT2D eigenvalue weighted by atomic mass is 16.5. The number of carbonyl (C=O) groups excluding carboxylic acids is 1. The van der Waals surface area contributed by atoms with Gasteiger partial charge in [0.15, 0.2) is 0 Å². The zero-order valence-corrected chi connectivity index (χ0v) is 21.7. The van der Waals surface area contributed by atoms with E-state index >= 15 is 0 Å². The van der Waals surface area contributed by atoms with Crippen LogP contribution in [0.25, 0.3) is 21.7 Å². The highest BCUT2D eigenvalue weighted by Crippen LogP contribution is 2.30. The standard InChI is InChI=1S/C32H25N5O3/c1-21-16-23-12-13-24(30(33)36-32(38)40-26-9-3-2-4-10-26)19-29(23)37(21)20-25-18-27(39-31-34-14-7-15-35-31)17-22-8-5-6-11-28(22)25/h2-19H,20H2,1H3,(H2,33,36,38). The highest BCUT2D eigenvalue weighted by Gasteiger charge is 2.13. The van der Waals surface area contributed by atoms with Gasteiger partial charge in [-0.25, -0.2) is 14.8 Å². The summed E-state index contributed by atoms with van der Waals surface area (Å²) in [5.41, 5.74) is 9.97. The SMILES string of the molecule is Cc1cc2ccc(C(N)=NC(=O)Oc3ccccc3)cc2n1Cc1cc(Oc2ncccn2)cc2ccccc12. The van der Waals surface area contributed by atoms with Crippen LogP contribution in [0.3, 0.4) is 0 Å². The van der Waals surface area contributed by atoms with Crippen LogP contribution in [-0.4, -0.2) is 26.5 Å². The number of aromatic nitrogens is 3. The van der Waals surface area contributed by atoms with E-state index in [1.165, 1.54) is 0 Å². The number of amides is 1. The lowest BCUT2D eigenvalue weighted by molar-refractivity contribution is 0.211. The molecule has 1 amide bonds. The smallest absolute Gasteiger partial charge is 0.424 e. The van der Waals surface area contributed by atoms with E-state index < -0.39 is 6.09 Å². The molecule has 8 heteroatoms. The van der Waals surface area contributed by atoms with Gasteiger partial charge >= 0.3 is 12.1 Å². The van der Waals surface area contributed by atoms with E-state index in [1.54, 1.807) is 42.7 Å². The van der Waals surface area contributed by atoms with E-state index in [0.29, 0.717) is 23.6 Å². The van der Waals surface area contributed by atoms with Crippen molar-refractivity contribution < 1.29 is 14.3 Å². The fourth-order valence-electron chi connectivity index (χ4n) is 4.70. The number of amidine groups is 1. The summed E-state index contributed by atoms with van der Waals surface area (Å²) in [7, 11) is 0. The van der Waals surface area contributed by atoms with E-state index in [-0.39, 0.29) is 11.8 Å². The molecule has 0 aliphatic carbocycles. The maximum absolute atomic E-state index is 12.3. The maximum Gasteiger partial charge on any atom is 0.441 e. The largest absolute Gasteiger partial charge is 0.441 e. The summed E-state index contributed by atoms with van der Waals surface area (Å²) in [4.78, 5) is 24.7. The van der Waals surface area contributed by atoms with Gasteiger partial charge in [-0.2, -0.15) is 4.99 Å². The average molecular weight is 528 g/mol. The summed E-state index contributed by atoms with van der Waals surface area (Å²) in [5, 5.41) is 3.22. The number of fused-ring (bicyclic) bond motifs is 2. The number of aryl methyl sites for hydroxylation is 1. The van der Waals surface area contributed by atoms with Crippen molar-refractivity contribution in [1.29, 1.82) is 0 Å². The number of carbonyl (C=O) groups is 1. The number of aliphatic imine (C=N–C) groups is 1. The minimum atomic E-state index is -0.777. The second-order valence-corrected chi connectivity index (χ2v) is 9.26. The van der Waals surface area contributed by atoms with Gasteiger partial charge in [-0.15, -0.1) is 0 Å². The van der Waals surface area contributed by atoms with Crippen molar-refractivity contribution in [1.82, 2.24) is 14.5 Å². The van der Waals surface area contributed by atoms with Crippen LogP contribution in [0.15, 0.2) is 114 Å². The molecule has 0 saturated carbocycles. The molecule has 0 radical (unpaired) electrons. The van der Waals surface area contributed by atoms with Crippen LogP contribution in [0.2, 0.25) is 0 Å². The van der Waals surface area contributed by atoms with Crippen LogP contribution in [0.5, 0.6) is 17.5 Å². The quantitative estimate of drug-likeness (QED) is 0.192. The first-order valence-electron chi connectivity index (χ1n) is 12.7. The number of rotatable bonds is 6. The van der Waals surface area contributed by atoms with E-state index in [4.69, 9.17) is 15.2 Å². The van der Waals surface area contributed by atoms with Gasteiger partial charge in [0, 0.05) is 35.7 Å². The molecule has 0 bridgehead atoms. The molecule has 8 nitrogen and oxygen atoms in total. The fraction of sp³-hybridized carbons (Fsp3) is 0.0625. The Bertz CT molecular complexity index is 1860. The molecular formula is C32H25N5O3. The lowest BCUT2D eigenvalue weighted by Gasteiger charge is -2.14. The Labute approximate surface area is 230 Å². The minimum Gasteiger partial charge on any atom is -0.424 e. The second kappa shape index (κ2) is 10.7. The summed E-state index contributed by atoms with van der Waals surface area (Å²) in [5.74, 6) is 1.14. The molecule has 2 heterocycles. The third-order valence-electron chi connectivity index (χ3n) is 6.57. The van der Waals surface area contributed by atoms with Crippen molar-refractivity contribution in [2.75, 3.05) is 0 Å². The normalized spacial score (nSPS) is 11.6. The van der Waals surface area contributed by atoms with Gasteiger partial charge in [0.2, 0.25) is 0 Å². The lowest BCUT2D eigenvalue weighted by atomic mass is 10.0. The zero-order chi connectivity index (χ0) is 27.5. The molecule has 196 valence electrons. The molecule has 0 aliphatic rings. The van der Waals surface area contributed by atoms with Crippen LogP contribution in [0.1, 0.15) is 16.8 Å². The van der Waals surface area contributed by atoms with Crippen molar-refractivity contribution in [3.63, 3.8) is 0 Å². The molecule has 40 heavy (non-hydrogen) atoms. The fourth-order valence-corrected chi connectivity index (χ4v) is 4.70. The Morgan fingerprint density at radius 2 is 1.62 bits per heavy atom. The van der Waals surface area contributed by atoms with Crippen molar-refractivity contribution in [2.24, 2.45) is 10.7 Å². The van der Waals surface area contributed by atoms with Crippen LogP contribution in [0.4, 0.5) is 4.79 Å². The summed E-state index contributed by atoms with van der Waals surface area (Å²) in [6.07, 6.45) is 2.52. The monoisotopic (exact) mass is 527 g/mol.